The van der Waals surface area contributed by atoms with Crippen LogP contribution in [0.1, 0.15) is 6.42 Å². The standard InChI is InChI=1S/C11H13FOS2/c12-8-1-3-11(4-2-8)15-7-9-5-10(14)6-13-9/h1-4,9-10,14H,5-7H2. The predicted molar refractivity (Wildman–Crippen MR) is 64.3 cm³/mol. The van der Waals surface area contributed by atoms with Crippen molar-refractivity contribution in [3.05, 3.63) is 30.1 Å². The zero-order valence-corrected chi connectivity index (χ0v) is 9.94. The van der Waals surface area contributed by atoms with Crippen LogP contribution in [0.3, 0.4) is 0 Å². The van der Waals surface area contributed by atoms with E-state index in [1.54, 1.807) is 23.9 Å². The van der Waals surface area contributed by atoms with Gasteiger partial charge in [-0.2, -0.15) is 12.6 Å². The highest BCUT2D eigenvalue weighted by Crippen LogP contribution is 2.25. The van der Waals surface area contributed by atoms with Crippen molar-refractivity contribution in [3.8, 4) is 0 Å². The van der Waals surface area contributed by atoms with Gasteiger partial charge in [-0.15, -0.1) is 11.8 Å². The fourth-order valence-electron chi connectivity index (χ4n) is 1.52. The number of halogens is 1. The van der Waals surface area contributed by atoms with Crippen LogP contribution in [-0.4, -0.2) is 23.7 Å². The average Bonchev–Trinajstić information content (AvgIpc) is 2.64. The molecule has 0 bridgehead atoms. The van der Waals surface area contributed by atoms with Gasteiger partial charge in [0.15, 0.2) is 0 Å². The molecule has 1 aliphatic rings. The van der Waals surface area contributed by atoms with Crippen molar-refractivity contribution in [2.75, 3.05) is 12.4 Å². The monoisotopic (exact) mass is 244 g/mol. The number of rotatable bonds is 3. The van der Waals surface area contributed by atoms with Gasteiger partial charge in [0.25, 0.3) is 0 Å². The van der Waals surface area contributed by atoms with Crippen LogP contribution < -0.4 is 0 Å². The van der Waals surface area contributed by atoms with E-state index in [0.717, 1.165) is 23.7 Å². The van der Waals surface area contributed by atoms with Crippen LogP contribution in [0, 0.1) is 5.82 Å². The Labute approximate surface area is 98.8 Å². The van der Waals surface area contributed by atoms with Gasteiger partial charge in [0.05, 0.1) is 12.7 Å². The molecule has 2 atom stereocenters. The lowest BCUT2D eigenvalue weighted by atomic mass is 10.3. The summed E-state index contributed by atoms with van der Waals surface area (Å²) in [5.74, 6) is 0.731. The molecule has 0 aromatic heterocycles. The van der Waals surface area contributed by atoms with Crippen LogP contribution in [0.4, 0.5) is 4.39 Å². The normalized spacial score (nSPS) is 25.7. The largest absolute Gasteiger partial charge is 0.376 e. The van der Waals surface area contributed by atoms with Gasteiger partial charge < -0.3 is 4.74 Å². The molecule has 0 radical (unpaired) electrons. The first-order valence-corrected chi connectivity index (χ1v) is 6.42. The molecular weight excluding hydrogens is 231 g/mol. The van der Waals surface area contributed by atoms with Gasteiger partial charge in [-0.3, -0.25) is 0 Å². The van der Waals surface area contributed by atoms with Crippen LogP contribution >= 0.6 is 24.4 Å². The third-order valence-corrected chi connectivity index (χ3v) is 3.81. The van der Waals surface area contributed by atoms with Crippen molar-refractivity contribution >= 4 is 24.4 Å². The molecule has 4 heteroatoms. The van der Waals surface area contributed by atoms with Crippen LogP contribution in [0.25, 0.3) is 0 Å². The van der Waals surface area contributed by atoms with E-state index in [9.17, 15) is 4.39 Å². The van der Waals surface area contributed by atoms with Crippen LogP contribution in [-0.2, 0) is 4.74 Å². The minimum Gasteiger partial charge on any atom is -0.376 e. The van der Waals surface area contributed by atoms with Crippen molar-refractivity contribution < 1.29 is 9.13 Å². The van der Waals surface area contributed by atoms with Crippen LogP contribution in [0.2, 0.25) is 0 Å². The zero-order chi connectivity index (χ0) is 10.7. The van der Waals surface area contributed by atoms with Gasteiger partial charge in [-0.25, -0.2) is 4.39 Å². The molecule has 15 heavy (non-hydrogen) atoms. The van der Waals surface area contributed by atoms with Crippen molar-refractivity contribution in [1.29, 1.82) is 0 Å². The molecule has 2 rings (SSSR count). The number of thiol groups is 1. The summed E-state index contributed by atoms with van der Waals surface area (Å²) >= 11 is 6.06. The zero-order valence-electron chi connectivity index (χ0n) is 8.23. The van der Waals surface area contributed by atoms with E-state index in [0.29, 0.717) is 11.4 Å². The van der Waals surface area contributed by atoms with E-state index in [1.807, 2.05) is 0 Å². The Hall–Kier alpha value is -0.190. The molecule has 1 aliphatic heterocycles. The van der Waals surface area contributed by atoms with E-state index < -0.39 is 0 Å². The molecule has 0 N–H and O–H groups in total. The van der Waals surface area contributed by atoms with E-state index in [4.69, 9.17) is 4.74 Å². The van der Waals surface area contributed by atoms with Crippen molar-refractivity contribution in [2.24, 2.45) is 0 Å². The summed E-state index contributed by atoms with van der Waals surface area (Å²) in [6, 6.07) is 6.57. The summed E-state index contributed by atoms with van der Waals surface area (Å²) in [6.07, 6.45) is 1.31. The van der Waals surface area contributed by atoms with Crippen LogP contribution in [0.5, 0.6) is 0 Å². The maximum absolute atomic E-state index is 12.6. The minimum absolute atomic E-state index is 0.188. The highest BCUT2D eigenvalue weighted by atomic mass is 32.2. The maximum Gasteiger partial charge on any atom is 0.123 e. The third-order valence-electron chi connectivity index (χ3n) is 2.31. The Morgan fingerprint density at radius 1 is 1.40 bits per heavy atom. The van der Waals surface area contributed by atoms with Crippen LogP contribution in [0.15, 0.2) is 29.2 Å². The van der Waals surface area contributed by atoms with Gasteiger partial charge in [-0.1, -0.05) is 0 Å². The second kappa shape index (κ2) is 5.23. The highest BCUT2D eigenvalue weighted by molar-refractivity contribution is 7.99. The van der Waals surface area contributed by atoms with E-state index in [-0.39, 0.29) is 5.82 Å². The quantitative estimate of drug-likeness (QED) is 0.646. The van der Waals surface area contributed by atoms with E-state index in [1.165, 1.54) is 12.1 Å². The summed E-state index contributed by atoms with van der Waals surface area (Å²) in [5, 5.41) is 0.379. The molecule has 1 fully saturated rings. The van der Waals surface area contributed by atoms with Gasteiger partial charge >= 0.3 is 0 Å². The molecule has 1 nitrogen and oxygen atoms in total. The Morgan fingerprint density at radius 2 is 2.13 bits per heavy atom. The molecule has 0 saturated carbocycles. The molecule has 2 unspecified atom stereocenters. The van der Waals surface area contributed by atoms with E-state index >= 15 is 0 Å². The SMILES string of the molecule is Fc1ccc(SCC2CC(S)CO2)cc1. The number of hydrogen-bond acceptors (Lipinski definition) is 3. The van der Waals surface area contributed by atoms with Crippen molar-refractivity contribution in [1.82, 2.24) is 0 Å². The smallest absolute Gasteiger partial charge is 0.123 e. The summed E-state index contributed by atoms with van der Waals surface area (Å²) in [5.41, 5.74) is 0. The van der Waals surface area contributed by atoms with Gasteiger partial charge in [0.1, 0.15) is 5.82 Å². The predicted octanol–water partition coefficient (Wildman–Crippen LogP) is 3.01. The number of hydrogen-bond donors (Lipinski definition) is 1. The Morgan fingerprint density at radius 3 is 2.73 bits per heavy atom. The fourth-order valence-corrected chi connectivity index (χ4v) is 2.78. The van der Waals surface area contributed by atoms with Crippen molar-refractivity contribution in [3.63, 3.8) is 0 Å². The maximum atomic E-state index is 12.6. The number of benzene rings is 1. The second-order valence-corrected chi connectivity index (χ2v) is 5.43. The molecule has 82 valence electrons. The molecule has 0 aliphatic carbocycles. The number of ether oxygens (including phenoxy) is 1. The lowest BCUT2D eigenvalue weighted by Crippen LogP contribution is -2.08. The fraction of sp³-hybridized carbons (Fsp3) is 0.455. The first kappa shape index (κ1) is 11.3. The highest BCUT2D eigenvalue weighted by Gasteiger charge is 2.22. The lowest BCUT2D eigenvalue weighted by molar-refractivity contribution is 0.129. The summed E-state index contributed by atoms with van der Waals surface area (Å²) in [4.78, 5) is 1.09. The molecule has 0 spiro atoms. The third kappa shape index (κ3) is 3.40. The summed E-state index contributed by atoms with van der Waals surface area (Å²) < 4.78 is 18.2. The second-order valence-electron chi connectivity index (χ2n) is 3.61. The Bertz CT molecular complexity index is 315. The van der Waals surface area contributed by atoms with Gasteiger partial charge in [0, 0.05) is 15.9 Å². The molecule has 1 aromatic carbocycles. The Kier molecular flexibility index (Phi) is 3.94. The molecular formula is C11H13FOS2. The number of thioether (sulfide) groups is 1. The molecule has 1 heterocycles. The lowest BCUT2D eigenvalue weighted by Gasteiger charge is -2.08. The molecule has 1 aromatic rings. The Balaban J connectivity index is 1.80. The first-order chi connectivity index (χ1) is 7.24. The average molecular weight is 244 g/mol. The van der Waals surface area contributed by atoms with Gasteiger partial charge in [-0.05, 0) is 30.7 Å². The minimum atomic E-state index is -0.188. The first-order valence-electron chi connectivity index (χ1n) is 4.92. The summed E-state index contributed by atoms with van der Waals surface area (Å²) in [7, 11) is 0. The molecule has 0 amide bonds. The topological polar surface area (TPSA) is 9.23 Å². The van der Waals surface area contributed by atoms with Gasteiger partial charge in [0.2, 0.25) is 0 Å². The summed E-state index contributed by atoms with van der Waals surface area (Å²) in [6.45, 7) is 0.748. The van der Waals surface area contributed by atoms with E-state index in [2.05, 4.69) is 12.6 Å². The van der Waals surface area contributed by atoms with Crippen molar-refractivity contribution in [2.45, 2.75) is 22.7 Å². The molecule has 1 saturated heterocycles.